The first-order valence-electron chi connectivity index (χ1n) is 14.2. The van der Waals surface area contributed by atoms with E-state index in [2.05, 4.69) is 36.3 Å². The second kappa shape index (κ2) is 13.3. The number of fused-ring (bicyclic) bond motifs is 1. The standard InChI is InChI=1S/C31H46N2O4S/c1-7-8-12-23-29(36)20(3)11-9-10-19(2)13-15-24(22-14-16-26-25(17-22)32-21(4)38-26)33-28(35)18-27(34)31(5,6)30(23)37/h13-14,16-17,20,23-24,27,29,34,36H,7-12,15,18H2,1-6H3,(H,33,35)/b19-13-/t20-,23+,24-,27-,29-/m0/s1. The molecule has 0 saturated heterocycles. The number of hydrogen-bond acceptors (Lipinski definition) is 6. The molecule has 0 saturated carbocycles. The zero-order chi connectivity index (χ0) is 28.0. The number of unbranched alkanes of at least 4 members (excludes halogenated alkanes) is 1. The normalized spacial score (nSPS) is 29.6. The fraction of sp³-hybridized carbons (Fsp3) is 0.645. The van der Waals surface area contributed by atoms with Crippen molar-refractivity contribution in [2.24, 2.45) is 17.3 Å². The highest BCUT2D eigenvalue weighted by atomic mass is 32.1. The second-order valence-corrected chi connectivity index (χ2v) is 13.0. The minimum Gasteiger partial charge on any atom is -0.392 e. The number of allylic oxidation sites excluding steroid dienone is 1. The van der Waals surface area contributed by atoms with E-state index in [1.807, 2.05) is 26.0 Å². The number of aliphatic hydroxyl groups excluding tert-OH is 2. The van der Waals surface area contributed by atoms with Crippen molar-refractivity contribution < 1.29 is 19.8 Å². The smallest absolute Gasteiger partial charge is 0.223 e. The molecule has 0 aliphatic carbocycles. The number of carbonyl (C=O) groups excluding carboxylic acids is 2. The molecule has 0 radical (unpaired) electrons. The van der Waals surface area contributed by atoms with Gasteiger partial charge in [0.2, 0.25) is 5.91 Å². The van der Waals surface area contributed by atoms with Gasteiger partial charge in [0, 0.05) is 5.92 Å². The van der Waals surface area contributed by atoms with Crippen LogP contribution >= 0.6 is 11.3 Å². The van der Waals surface area contributed by atoms with Crippen molar-refractivity contribution in [2.75, 3.05) is 0 Å². The first kappa shape index (κ1) is 30.5. The molecule has 1 aromatic carbocycles. The van der Waals surface area contributed by atoms with Crippen LogP contribution < -0.4 is 5.32 Å². The zero-order valence-electron chi connectivity index (χ0n) is 23.9. The van der Waals surface area contributed by atoms with Crippen LogP contribution in [0.2, 0.25) is 0 Å². The number of Topliss-reactive ketones (excluding diaryl/α,β-unsaturated/α-hetero) is 1. The molecule has 1 aromatic heterocycles. The van der Waals surface area contributed by atoms with Crippen LogP contribution in [0.1, 0.15) is 103 Å². The summed E-state index contributed by atoms with van der Waals surface area (Å²) in [5.41, 5.74) is 1.98. The largest absolute Gasteiger partial charge is 0.392 e. The van der Waals surface area contributed by atoms with E-state index in [0.717, 1.165) is 52.9 Å². The highest BCUT2D eigenvalue weighted by Gasteiger charge is 2.43. The van der Waals surface area contributed by atoms with Gasteiger partial charge in [0.15, 0.2) is 0 Å². The number of ketones is 1. The predicted molar refractivity (Wildman–Crippen MR) is 155 cm³/mol. The number of hydrogen-bond donors (Lipinski definition) is 3. The van der Waals surface area contributed by atoms with Gasteiger partial charge in [0.25, 0.3) is 0 Å². The number of benzene rings is 1. The summed E-state index contributed by atoms with van der Waals surface area (Å²) in [7, 11) is 0. The number of aromatic nitrogens is 1. The highest BCUT2D eigenvalue weighted by molar-refractivity contribution is 7.18. The summed E-state index contributed by atoms with van der Waals surface area (Å²) in [6.07, 6.45) is 5.70. The molecular weight excluding hydrogens is 496 g/mol. The summed E-state index contributed by atoms with van der Waals surface area (Å²) in [5, 5.41) is 26.5. The Kier molecular flexibility index (Phi) is 10.7. The fourth-order valence-electron chi connectivity index (χ4n) is 5.45. The second-order valence-electron chi connectivity index (χ2n) is 11.8. The molecule has 38 heavy (non-hydrogen) atoms. The van der Waals surface area contributed by atoms with Crippen LogP contribution in [-0.2, 0) is 9.59 Å². The zero-order valence-corrected chi connectivity index (χ0v) is 24.7. The van der Waals surface area contributed by atoms with E-state index in [9.17, 15) is 19.8 Å². The monoisotopic (exact) mass is 542 g/mol. The summed E-state index contributed by atoms with van der Waals surface area (Å²) in [6, 6.07) is 5.87. The van der Waals surface area contributed by atoms with Gasteiger partial charge in [0.05, 0.1) is 45.3 Å². The van der Waals surface area contributed by atoms with Crippen molar-refractivity contribution in [3.05, 3.63) is 40.4 Å². The Bertz CT molecular complexity index is 1140. The molecule has 7 heteroatoms. The minimum atomic E-state index is -1.16. The molecule has 1 aliphatic heterocycles. The first-order valence-corrected chi connectivity index (χ1v) is 15.0. The maximum Gasteiger partial charge on any atom is 0.223 e. The Balaban J connectivity index is 1.92. The Hall–Kier alpha value is -2.09. The third kappa shape index (κ3) is 7.51. The van der Waals surface area contributed by atoms with E-state index in [1.54, 1.807) is 25.2 Å². The van der Waals surface area contributed by atoms with E-state index in [4.69, 9.17) is 0 Å². The molecule has 0 fully saturated rings. The van der Waals surface area contributed by atoms with Gasteiger partial charge in [-0.25, -0.2) is 4.98 Å². The summed E-state index contributed by atoms with van der Waals surface area (Å²) in [6.45, 7) is 11.6. The average molecular weight is 543 g/mol. The van der Waals surface area contributed by atoms with Crippen LogP contribution in [0, 0.1) is 24.2 Å². The van der Waals surface area contributed by atoms with Gasteiger partial charge in [0.1, 0.15) is 5.78 Å². The van der Waals surface area contributed by atoms with Crippen LogP contribution in [0.5, 0.6) is 0 Å². The van der Waals surface area contributed by atoms with Crippen molar-refractivity contribution in [1.29, 1.82) is 0 Å². The third-order valence-corrected chi connectivity index (χ3v) is 9.19. The van der Waals surface area contributed by atoms with E-state index in [-0.39, 0.29) is 30.1 Å². The first-order chi connectivity index (χ1) is 17.9. The molecule has 0 unspecified atom stereocenters. The molecule has 3 rings (SSSR count). The number of carbonyl (C=O) groups is 2. The van der Waals surface area contributed by atoms with Crippen molar-refractivity contribution in [3.8, 4) is 0 Å². The van der Waals surface area contributed by atoms with Crippen LogP contribution in [-0.4, -0.2) is 39.1 Å². The fourth-order valence-corrected chi connectivity index (χ4v) is 6.26. The van der Waals surface area contributed by atoms with E-state index < -0.39 is 23.5 Å². The van der Waals surface area contributed by atoms with Gasteiger partial charge in [-0.05, 0) is 69.6 Å². The SMILES string of the molecule is CCCC[C@H]1C(=O)C(C)(C)[C@@H](O)CC(=O)N[C@H](c2ccc3sc(C)nc3c2)C/C=C(/C)CCC[C@H](C)[C@@H]1O. The number of nitrogens with zero attached hydrogens (tertiary/aromatic N) is 1. The molecule has 2 aromatic rings. The Morgan fingerprint density at radius 3 is 2.63 bits per heavy atom. The van der Waals surface area contributed by atoms with Crippen molar-refractivity contribution in [3.63, 3.8) is 0 Å². The predicted octanol–water partition coefficient (Wildman–Crippen LogP) is 6.43. The Labute approximate surface area is 231 Å². The number of rotatable bonds is 4. The van der Waals surface area contributed by atoms with Crippen LogP contribution in [0.25, 0.3) is 10.2 Å². The average Bonchev–Trinajstić information content (AvgIpc) is 3.24. The lowest BCUT2D eigenvalue weighted by atomic mass is 9.71. The maximum absolute atomic E-state index is 13.7. The number of aliphatic hydroxyl groups is 2. The third-order valence-electron chi connectivity index (χ3n) is 8.24. The molecule has 0 bridgehead atoms. The van der Waals surface area contributed by atoms with Crippen LogP contribution in [0.4, 0.5) is 0 Å². The lowest BCUT2D eigenvalue weighted by molar-refractivity contribution is -0.144. The van der Waals surface area contributed by atoms with Crippen LogP contribution in [0.3, 0.4) is 0 Å². The molecule has 0 spiro atoms. The van der Waals surface area contributed by atoms with Gasteiger partial charge in [-0.15, -0.1) is 11.3 Å². The van der Waals surface area contributed by atoms with Gasteiger partial charge in [-0.2, -0.15) is 0 Å². The van der Waals surface area contributed by atoms with E-state index >= 15 is 0 Å². The molecule has 3 N–H and O–H groups in total. The summed E-state index contributed by atoms with van der Waals surface area (Å²) < 4.78 is 1.11. The lowest BCUT2D eigenvalue weighted by Gasteiger charge is -2.36. The van der Waals surface area contributed by atoms with Crippen LogP contribution in [0.15, 0.2) is 29.8 Å². The van der Waals surface area contributed by atoms with Crippen molar-refractivity contribution >= 4 is 33.2 Å². The minimum absolute atomic E-state index is 0.0289. The van der Waals surface area contributed by atoms with E-state index in [1.165, 1.54) is 5.57 Å². The summed E-state index contributed by atoms with van der Waals surface area (Å²) in [4.78, 5) is 31.6. The molecule has 6 nitrogen and oxygen atoms in total. The molecule has 5 atom stereocenters. The molecular formula is C31H46N2O4S. The maximum atomic E-state index is 13.7. The van der Waals surface area contributed by atoms with Crippen molar-refractivity contribution in [1.82, 2.24) is 10.3 Å². The lowest BCUT2D eigenvalue weighted by Crippen LogP contribution is -2.47. The quantitative estimate of drug-likeness (QED) is 0.387. The van der Waals surface area contributed by atoms with Gasteiger partial charge in [-0.1, -0.05) is 58.3 Å². The number of nitrogens with one attached hydrogen (secondary N) is 1. The van der Waals surface area contributed by atoms with Crippen molar-refractivity contribution in [2.45, 2.75) is 111 Å². The molecule has 2 heterocycles. The van der Waals surface area contributed by atoms with Gasteiger partial charge < -0.3 is 15.5 Å². The topological polar surface area (TPSA) is 99.5 Å². The number of thiazole rings is 1. The van der Waals surface area contributed by atoms with E-state index in [0.29, 0.717) is 12.8 Å². The summed E-state index contributed by atoms with van der Waals surface area (Å²) >= 11 is 1.65. The Morgan fingerprint density at radius 1 is 1.18 bits per heavy atom. The number of amides is 1. The van der Waals surface area contributed by atoms with Gasteiger partial charge in [-0.3, -0.25) is 9.59 Å². The molecule has 1 amide bonds. The number of aryl methyl sites for hydroxylation is 1. The highest BCUT2D eigenvalue weighted by Crippen LogP contribution is 2.35. The Morgan fingerprint density at radius 2 is 1.92 bits per heavy atom. The molecule has 210 valence electrons. The van der Waals surface area contributed by atoms with Gasteiger partial charge >= 0.3 is 0 Å². The summed E-state index contributed by atoms with van der Waals surface area (Å²) in [5.74, 6) is -1.04. The molecule has 1 aliphatic rings.